The summed E-state index contributed by atoms with van der Waals surface area (Å²) in [6.45, 7) is 10.1. The first-order valence-corrected chi connectivity index (χ1v) is 6.69. The van der Waals surface area contributed by atoms with Gasteiger partial charge in [0, 0.05) is 25.7 Å². The minimum Gasteiger partial charge on any atom is -0.481 e. The maximum Gasteiger partial charge on any atom is 0.304 e. The molecule has 0 aliphatic carbocycles. The summed E-state index contributed by atoms with van der Waals surface area (Å²) in [6, 6.07) is 0.226. The zero-order valence-electron chi connectivity index (χ0n) is 12.0. The first kappa shape index (κ1) is 16.9. The zero-order chi connectivity index (χ0) is 14.1. The Morgan fingerprint density at radius 3 is 2.11 bits per heavy atom. The lowest BCUT2D eigenvalue weighted by Crippen LogP contribution is -2.44. The highest BCUT2D eigenvalue weighted by molar-refractivity contribution is 5.78. The molecule has 5 nitrogen and oxygen atoms in total. The molecule has 0 radical (unpaired) electrons. The first-order valence-electron chi connectivity index (χ1n) is 6.69. The van der Waals surface area contributed by atoms with Crippen LogP contribution in [0, 0.1) is 0 Å². The van der Waals surface area contributed by atoms with Crippen molar-refractivity contribution in [3.05, 3.63) is 0 Å². The number of nitrogens with zero attached hydrogens (tertiary/aromatic N) is 2. The van der Waals surface area contributed by atoms with Crippen LogP contribution in [0.2, 0.25) is 0 Å². The Morgan fingerprint density at radius 1 is 1.17 bits per heavy atom. The molecular formula is C13H26N2O3. The van der Waals surface area contributed by atoms with Gasteiger partial charge in [-0.15, -0.1) is 0 Å². The average molecular weight is 258 g/mol. The van der Waals surface area contributed by atoms with Crippen LogP contribution in [-0.2, 0) is 9.59 Å². The second-order valence-corrected chi connectivity index (χ2v) is 4.44. The maximum absolute atomic E-state index is 12.0. The molecule has 0 aliphatic rings. The topological polar surface area (TPSA) is 60.9 Å². The van der Waals surface area contributed by atoms with Crippen LogP contribution in [0.15, 0.2) is 0 Å². The molecule has 0 rings (SSSR count). The van der Waals surface area contributed by atoms with Crippen LogP contribution in [0.25, 0.3) is 0 Å². The van der Waals surface area contributed by atoms with Gasteiger partial charge in [0.1, 0.15) is 0 Å². The standard InChI is InChI=1S/C13H26N2O3/c1-5-11(4)15(9-8-13(17)18)10-12(16)14(6-2)7-3/h11H,5-10H2,1-4H3,(H,17,18). The van der Waals surface area contributed by atoms with Crippen LogP contribution < -0.4 is 0 Å². The molecule has 1 amide bonds. The van der Waals surface area contributed by atoms with E-state index in [-0.39, 0.29) is 18.4 Å². The minimum absolute atomic E-state index is 0.0747. The Hall–Kier alpha value is -1.10. The Kier molecular flexibility index (Phi) is 8.37. The smallest absolute Gasteiger partial charge is 0.304 e. The van der Waals surface area contributed by atoms with Crippen molar-refractivity contribution in [3.8, 4) is 0 Å². The van der Waals surface area contributed by atoms with Crippen LogP contribution in [-0.4, -0.2) is 59.0 Å². The van der Waals surface area contributed by atoms with Gasteiger partial charge in [-0.25, -0.2) is 0 Å². The van der Waals surface area contributed by atoms with Gasteiger partial charge in [0.2, 0.25) is 5.91 Å². The number of hydrogen-bond donors (Lipinski definition) is 1. The van der Waals surface area contributed by atoms with Gasteiger partial charge in [0.15, 0.2) is 0 Å². The number of carbonyl (C=O) groups is 2. The molecule has 0 aromatic rings. The van der Waals surface area contributed by atoms with Crippen molar-refractivity contribution in [1.82, 2.24) is 9.80 Å². The summed E-state index contributed by atoms with van der Waals surface area (Å²) in [4.78, 5) is 26.4. The monoisotopic (exact) mass is 258 g/mol. The molecule has 0 spiro atoms. The first-order chi connectivity index (χ1) is 8.46. The molecular weight excluding hydrogens is 232 g/mol. The van der Waals surface area contributed by atoms with E-state index in [1.165, 1.54) is 0 Å². The quantitative estimate of drug-likeness (QED) is 0.679. The number of carboxylic acid groups (broad SMARTS) is 1. The summed E-state index contributed by atoms with van der Waals surface area (Å²) in [5, 5.41) is 8.73. The van der Waals surface area contributed by atoms with Crippen molar-refractivity contribution < 1.29 is 14.7 Å². The number of aliphatic carboxylic acids is 1. The second kappa shape index (κ2) is 8.91. The summed E-state index contributed by atoms with van der Waals surface area (Å²) in [7, 11) is 0. The van der Waals surface area contributed by atoms with E-state index < -0.39 is 5.97 Å². The number of carboxylic acids is 1. The highest BCUT2D eigenvalue weighted by Gasteiger charge is 2.19. The van der Waals surface area contributed by atoms with E-state index in [4.69, 9.17) is 5.11 Å². The molecule has 0 heterocycles. The van der Waals surface area contributed by atoms with Crippen molar-refractivity contribution in [2.75, 3.05) is 26.2 Å². The molecule has 18 heavy (non-hydrogen) atoms. The van der Waals surface area contributed by atoms with E-state index in [9.17, 15) is 9.59 Å². The molecule has 0 aromatic carbocycles. The Bertz CT molecular complexity index is 265. The van der Waals surface area contributed by atoms with Gasteiger partial charge in [0.25, 0.3) is 0 Å². The molecule has 1 unspecified atom stereocenters. The van der Waals surface area contributed by atoms with Gasteiger partial charge in [-0.1, -0.05) is 6.92 Å². The maximum atomic E-state index is 12.0. The second-order valence-electron chi connectivity index (χ2n) is 4.44. The Labute approximate surface area is 110 Å². The third-order valence-corrected chi connectivity index (χ3v) is 3.28. The minimum atomic E-state index is -0.821. The number of likely N-dealkylation sites (N-methyl/N-ethyl adjacent to an activating group) is 1. The van der Waals surface area contributed by atoms with Gasteiger partial charge in [0.05, 0.1) is 13.0 Å². The molecule has 0 aromatic heterocycles. The van der Waals surface area contributed by atoms with Gasteiger partial charge < -0.3 is 10.0 Å². The van der Waals surface area contributed by atoms with Crippen molar-refractivity contribution >= 4 is 11.9 Å². The summed E-state index contributed by atoms with van der Waals surface area (Å²) in [5.41, 5.74) is 0. The van der Waals surface area contributed by atoms with Gasteiger partial charge in [-0.2, -0.15) is 0 Å². The van der Waals surface area contributed by atoms with E-state index in [1.807, 2.05) is 32.6 Å². The molecule has 5 heteroatoms. The average Bonchev–Trinajstić information content (AvgIpc) is 2.34. The Balaban J connectivity index is 4.47. The fourth-order valence-corrected chi connectivity index (χ4v) is 1.80. The fraction of sp³-hybridized carbons (Fsp3) is 0.846. The predicted molar refractivity (Wildman–Crippen MR) is 71.5 cm³/mol. The van der Waals surface area contributed by atoms with Crippen molar-refractivity contribution in [2.24, 2.45) is 0 Å². The van der Waals surface area contributed by atoms with Crippen LogP contribution in [0.3, 0.4) is 0 Å². The van der Waals surface area contributed by atoms with Crippen LogP contribution in [0.5, 0.6) is 0 Å². The van der Waals surface area contributed by atoms with E-state index >= 15 is 0 Å². The molecule has 0 bridgehead atoms. The summed E-state index contributed by atoms with van der Waals surface area (Å²) in [6.07, 6.45) is 0.987. The SMILES string of the molecule is CCC(C)N(CCC(=O)O)CC(=O)N(CC)CC. The van der Waals surface area contributed by atoms with Gasteiger partial charge in [-0.05, 0) is 27.2 Å². The van der Waals surface area contributed by atoms with E-state index in [0.29, 0.717) is 26.2 Å². The lowest BCUT2D eigenvalue weighted by Gasteiger charge is -2.29. The molecule has 0 saturated heterocycles. The summed E-state index contributed by atoms with van der Waals surface area (Å²) >= 11 is 0. The Morgan fingerprint density at radius 2 is 1.72 bits per heavy atom. The van der Waals surface area contributed by atoms with Crippen molar-refractivity contribution in [2.45, 2.75) is 46.6 Å². The lowest BCUT2D eigenvalue weighted by atomic mass is 10.2. The normalized spacial score (nSPS) is 12.5. The van der Waals surface area contributed by atoms with E-state index in [1.54, 1.807) is 4.90 Å². The van der Waals surface area contributed by atoms with Gasteiger partial charge >= 0.3 is 5.97 Å². The number of carbonyl (C=O) groups excluding carboxylic acids is 1. The third-order valence-electron chi connectivity index (χ3n) is 3.28. The van der Waals surface area contributed by atoms with Crippen LogP contribution in [0.1, 0.15) is 40.5 Å². The van der Waals surface area contributed by atoms with Crippen LogP contribution >= 0.6 is 0 Å². The van der Waals surface area contributed by atoms with Crippen molar-refractivity contribution in [3.63, 3.8) is 0 Å². The molecule has 0 saturated carbocycles. The van der Waals surface area contributed by atoms with Crippen molar-refractivity contribution in [1.29, 1.82) is 0 Å². The van der Waals surface area contributed by atoms with E-state index in [0.717, 1.165) is 6.42 Å². The lowest BCUT2D eigenvalue weighted by molar-refractivity contribution is -0.139. The summed E-state index contributed by atoms with van der Waals surface area (Å²) < 4.78 is 0. The highest BCUT2D eigenvalue weighted by Crippen LogP contribution is 2.06. The molecule has 1 N–H and O–H groups in total. The fourth-order valence-electron chi connectivity index (χ4n) is 1.80. The van der Waals surface area contributed by atoms with E-state index in [2.05, 4.69) is 0 Å². The summed E-state index contributed by atoms with van der Waals surface area (Å²) in [5.74, 6) is -0.746. The molecule has 0 aliphatic heterocycles. The predicted octanol–water partition coefficient (Wildman–Crippen LogP) is 1.43. The number of amides is 1. The molecule has 106 valence electrons. The highest BCUT2D eigenvalue weighted by atomic mass is 16.4. The third kappa shape index (κ3) is 6.00. The van der Waals surface area contributed by atoms with Gasteiger partial charge in [-0.3, -0.25) is 14.5 Å². The largest absolute Gasteiger partial charge is 0.481 e. The zero-order valence-corrected chi connectivity index (χ0v) is 12.0. The number of rotatable bonds is 9. The number of hydrogen-bond acceptors (Lipinski definition) is 3. The molecule has 1 atom stereocenters. The van der Waals surface area contributed by atoms with Crippen LogP contribution in [0.4, 0.5) is 0 Å². The molecule has 0 fully saturated rings.